The molecule has 4 heterocycles. The summed E-state index contributed by atoms with van der Waals surface area (Å²) in [5.74, 6) is 2.23. The number of aromatic nitrogens is 6. The Balaban J connectivity index is 1.77. The summed E-state index contributed by atoms with van der Waals surface area (Å²) < 4.78 is 13.0. The number of hydrogen-bond acceptors (Lipinski definition) is 6. The molecule has 4 aromatic heterocycles. The van der Waals surface area contributed by atoms with Gasteiger partial charge in [0.1, 0.15) is 23.0 Å². The first-order valence-electron chi connectivity index (χ1n) is 10.1. The summed E-state index contributed by atoms with van der Waals surface area (Å²) in [7, 11) is 3.61. The number of ether oxygens (including phenoxy) is 1. The molecule has 8 heteroatoms. The predicted octanol–water partition coefficient (Wildman–Crippen LogP) is 4.33. The molecule has 0 aliphatic heterocycles. The van der Waals surface area contributed by atoms with Crippen LogP contribution in [0.15, 0.2) is 22.9 Å². The Labute approximate surface area is 179 Å². The van der Waals surface area contributed by atoms with Crippen molar-refractivity contribution in [3.8, 4) is 16.9 Å². The number of rotatable bonds is 4. The Hall–Kier alpha value is -3.68. The lowest BCUT2D eigenvalue weighted by Crippen LogP contribution is -2.00. The van der Waals surface area contributed by atoms with E-state index < -0.39 is 0 Å². The lowest BCUT2D eigenvalue weighted by atomic mass is 10.00. The molecule has 158 valence electrons. The van der Waals surface area contributed by atoms with Gasteiger partial charge in [0, 0.05) is 41.5 Å². The summed E-state index contributed by atoms with van der Waals surface area (Å²) in [6.07, 6.45) is 2.65. The number of aromatic amines is 1. The molecular weight excluding hydrogens is 392 g/mol. The standard InChI is InChI=1S/C23H24N6O2/c1-11-10-29(5)27-17(11)9-19-22-15-8-20(30-6)16(21-12(2)28-31-13(21)3)7-18(15)26-23(22)25-14(4)24-19/h7-8,10H,9H2,1-6H3,(H,24,25,26). The van der Waals surface area contributed by atoms with Crippen LogP contribution >= 0.6 is 0 Å². The third-order valence-electron chi connectivity index (χ3n) is 5.71. The van der Waals surface area contributed by atoms with Gasteiger partial charge in [-0.3, -0.25) is 4.68 Å². The molecule has 0 atom stereocenters. The van der Waals surface area contributed by atoms with Crippen molar-refractivity contribution in [2.75, 3.05) is 7.11 Å². The van der Waals surface area contributed by atoms with Crippen LogP contribution in [0.2, 0.25) is 0 Å². The third kappa shape index (κ3) is 3.06. The topological polar surface area (TPSA) is 94.7 Å². The number of hydrogen-bond donors (Lipinski definition) is 1. The number of benzene rings is 1. The van der Waals surface area contributed by atoms with Gasteiger partial charge < -0.3 is 14.2 Å². The van der Waals surface area contributed by atoms with Crippen molar-refractivity contribution < 1.29 is 9.26 Å². The fourth-order valence-corrected chi connectivity index (χ4v) is 4.37. The maximum Gasteiger partial charge on any atom is 0.142 e. The van der Waals surface area contributed by atoms with E-state index in [4.69, 9.17) is 14.2 Å². The minimum Gasteiger partial charge on any atom is -0.496 e. The fraction of sp³-hybridized carbons (Fsp3) is 0.304. The van der Waals surface area contributed by atoms with Crippen molar-refractivity contribution in [3.05, 3.63) is 52.6 Å². The third-order valence-corrected chi connectivity index (χ3v) is 5.71. The molecule has 0 aliphatic carbocycles. The normalized spacial score (nSPS) is 11.7. The molecule has 1 N–H and O–H groups in total. The second-order valence-electron chi connectivity index (χ2n) is 7.97. The molecular formula is C23H24N6O2. The lowest BCUT2D eigenvalue weighted by Gasteiger charge is -2.09. The summed E-state index contributed by atoms with van der Waals surface area (Å²) in [6, 6.07) is 4.12. The monoisotopic (exact) mass is 416 g/mol. The SMILES string of the molecule is COc1cc2c(cc1-c1c(C)noc1C)[nH]c1nc(C)nc(Cc3nn(C)cc3C)c12. The summed E-state index contributed by atoms with van der Waals surface area (Å²) >= 11 is 0. The van der Waals surface area contributed by atoms with Crippen LogP contribution in [0.5, 0.6) is 5.75 Å². The number of nitrogens with zero attached hydrogens (tertiary/aromatic N) is 5. The molecule has 31 heavy (non-hydrogen) atoms. The minimum absolute atomic E-state index is 0.632. The molecule has 0 spiro atoms. The molecule has 1 aromatic carbocycles. The number of nitrogens with one attached hydrogen (secondary N) is 1. The molecule has 5 rings (SSSR count). The average Bonchev–Trinajstić information content (AvgIpc) is 3.34. The second kappa shape index (κ2) is 6.94. The zero-order chi connectivity index (χ0) is 21.9. The van der Waals surface area contributed by atoms with Gasteiger partial charge in [0.15, 0.2) is 0 Å². The van der Waals surface area contributed by atoms with Gasteiger partial charge in [-0.15, -0.1) is 0 Å². The Morgan fingerprint density at radius 3 is 2.55 bits per heavy atom. The van der Waals surface area contributed by atoms with Gasteiger partial charge in [-0.05, 0) is 45.4 Å². The minimum atomic E-state index is 0.632. The van der Waals surface area contributed by atoms with Crippen LogP contribution in [-0.2, 0) is 13.5 Å². The maximum atomic E-state index is 5.77. The summed E-state index contributed by atoms with van der Waals surface area (Å²) in [6.45, 7) is 7.83. The Morgan fingerprint density at radius 1 is 1.10 bits per heavy atom. The Kier molecular flexibility index (Phi) is 4.32. The first-order chi connectivity index (χ1) is 14.9. The van der Waals surface area contributed by atoms with Gasteiger partial charge >= 0.3 is 0 Å². The van der Waals surface area contributed by atoms with Crippen LogP contribution in [0.1, 0.15) is 34.2 Å². The highest BCUT2D eigenvalue weighted by molar-refractivity contribution is 6.09. The van der Waals surface area contributed by atoms with E-state index in [2.05, 4.69) is 33.2 Å². The number of fused-ring (bicyclic) bond motifs is 3. The van der Waals surface area contributed by atoms with Gasteiger partial charge in [-0.25, -0.2) is 9.97 Å². The van der Waals surface area contributed by atoms with Crippen molar-refractivity contribution in [2.24, 2.45) is 7.05 Å². The fourth-order valence-electron chi connectivity index (χ4n) is 4.37. The van der Waals surface area contributed by atoms with Crippen LogP contribution in [0, 0.1) is 27.7 Å². The smallest absolute Gasteiger partial charge is 0.142 e. The van der Waals surface area contributed by atoms with E-state index >= 15 is 0 Å². The number of methoxy groups -OCH3 is 1. The van der Waals surface area contributed by atoms with E-state index in [1.807, 2.05) is 44.8 Å². The predicted molar refractivity (Wildman–Crippen MR) is 118 cm³/mol. The molecule has 0 saturated heterocycles. The highest BCUT2D eigenvalue weighted by atomic mass is 16.5. The first kappa shape index (κ1) is 19.3. The van der Waals surface area contributed by atoms with Gasteiger partial charge in [0.25, 0.3) is 0 Å². The van der Waals surface area contributed by atoms with E-state index in [0.717, 1.165) is 73.0 Å². The van der Waals surface area contributed by atoms with Gasteiger partial charge in [0.05, 0.1) is 29.8 Å². The summed E-state index contributed by atoms with van der Waals surface area (Å²) in [4.78, 5) is 12.9. The number of H-pyrrole nitrogens is 1. The van der Waals surface area contributed by atoms with Crippen molar-refractivity contribution in [1.29, 1.82) is 0 Å². The Bertz CT molecular complexity index is 1440. The highest BCUT2D eigenvalue weighted by Crippen LogP contribution is 2.40. The van der Waals surface area contributed by atoms with E-state index in [-0.39, 0.29) is 0 Å². The van der Waals surface area contributed by atoms with Crippen LogP contribution in [0.4, 0.5) is 0 Å². The second-order valence-corrected chi connectivity index (χ2v) is 7.97. The van der Waals surface area contributed by atoms with E-state index in [1.54, 1.807) is 7.11 Å². The largest absolute Gasteiger partial charge is 0.496 e. The zero-order valence-corrected chi connectivity index (χ0v) is 18.5. The van der Waals surface area contributed by atoms with Crippen LogP contribution in [-0.4, -0.2) is 37.0 Å². The lowest BCUT2D eigenvalue weighted by molar-refractivity contribution is 0.393. The highest BCUT2D eigenvalue weighted by Gasteiger charge is 2.21. The molecule has 0 fully saturated rings. The van der Waals surface area contributed by atoms with Gasteiger partial charge in [-0.1, -0.05) is 5.16 Å². The van der Waals surface area contributed by atoms with Gasteiger partial charge in [-0.2, -0.15) is 5.10 Å². The van der Waals surface area contributed by atoms with Crippen LogP contribution in [0.25, 0.3) is 33.1 Å². The molecule has 0 unspecified atom stereocenters. The molecule has 0 saturated carbocycles. The van der Waals surface area contributed by atoms with Gasteiger partial charge in [0.2, 0.25) is 0 Å². The summed E-state index contributed by atoms with van der Waals surface area (Å²) in [5.41, 5.74) is 7.58. The molecule has 0 bridgehead atoms. The van der Waals surface area contributed by atoms with Crippen LogP contribution < -0.4 is 4.74 Å². The Morgan fingerprint density at radius 2 is 1.90 bits per heavy atom. The summed E-state index contributed by atoms with van der Waals surface area (Å²) in [5, 5.41) is 10.7. The molecule has 0 radical (unpaired) electrons. The van der Waals surface area contributed by atoms with E-state index in [0.29, 0.717) is 6.42 Å². The van der Waals surface area contributed by atoms with E-state index in [1.165, 1.54) is 0 Å². The van der Waals surface area contributed by atoms with E-state index in [9.17, 15) is 0 Å². The van der Waals surface area contributed by atoms with Crippen molar-refractivity contribution in [3.63, 3.8) is 0 Å². The van der Waals surface area contributed by atoms with Crippen LogP contribution in [0.3, 0.4) is 0 Å². The average molecular weight is 416 g/mol. The number of aryl methyl sites for hydroxylation is 5. The molecule has 0 amide bonds. The van der Waals surface area contributed by atoms with Crippen molar-refractivity contribution in [2.45, 2.75) is 34.1 Å². The van der Waals surface area contributed by atoms with Crippen molar-refractivity contribution in [1.82, 2.24) is 29.9 Å². The zero-order valence-electron chi connectivity index (χ0n) is 18.5. The maximum absolute atomic E-state index is 5.77. The van der Waals surface area contributed by atoms with Crippen molar-refractivity contribution >= 4 is 21.9 Å². The quantitative estimate of drug-likeness (QED) is 0.468. The molecule has 0 aliphatic rings. The molecule has 5 aromatic rings. The first-order valence-corrected chi connectivity index (χ1v) is 10.1. The molecule has 8 nitrogen and oxygen atoms in total.